The Morgan fingerprint density at radius 2 is 1.69 bits per heavy atom. The molecule has 170 valence electrons. The number of ketones is 1. The van der Waals surface area contributed by atoms with Crippen molar-refractivity contribution < 1.29 is 28.9 Å². The summed E-state index contributed by atoms with van der Waals surface area (Å²) in [7, 11) is 2.99. The van der Waals surface area contributed by atoms with E-state index < -0.39 is 17.7 Å². The van der Waals surface area contributed by atoms with Crippen LogP contribution >= 0.6 is 0 Å². The standard InChI is InChI=1S/C25H29NO6/c1-6-13-26-22(16-7-9-17(10-8-16)32-15(2)3)21(24(28)25(26)29)23(27)19-12-11-18(30-4)14-20(19)31-5/h7-12,14-15,22,27H,6,13H2,1-5H3/b23-21-. The van der Waals surface area contributed by atoms with Crippen LogP contribution in [0.5, 0.6) is 17.2 Å². The zero-order chi connectivity index (χ0) is 23.4. The maximum atomic E-state index is 13.0. The lowest BCUT2D eigenvalue weighted by molar-refractivity contribution is -0.139. The van der Waals surface area contributed by atoms with Gasteiger partial charge in [0, 0.05) is 12.6 Å². The monoisotopic (exact) mass is 439 g/mol. The number of nitrogens with zero attached hydrogens (tertiary/aromatic N) is 1. The fraction of sp³-hybridized carbons (Fsp3) is 0.360. The Labute approximate surface area is 188 Å². The van der Waals surface area contributed by atoms with Crippen LogP contribution in [0, 0.1) is 0 Å². The molecule has 0 bridgehead atoms. The quantitative estimate of drug-likeness (QED) is 0.375. The van der Waals surface area contributed by atoms with Crippen molar-refractivity contribution in [3.05, 3.63) is 59.2 Å². The smallest absolute Gasteiger partial charge is 0.295 e. The van der Waals surface area contributed by atoms with Crippen molar-refractivity contribution in [3.63, 3.8) is 0 Å². The first-order chi connectivity index (χ1) is 15.3. The van der Waals surface area contributed by atoms with E-state index in [-0.39, 0.29) is 17.4 Å². The van der Waals surface area contributed by atoms with Gasteiger partial charge >= 0.3 is 0 Å². The number of rotatable bonds is 8. The maximum absolute atomic E-state index is 13.0. The molecule has 1 heterocycles. The largest absolute Gasteiger partial charge is 0.507 e. The predicted octanol–water partition coefficient (Wildman–Crippen LogP) is 4.32. The van der Waals surface area contributed by atoms with Gasteiger partial charge in [-0.15, -0.1) is 0 Å². The molecule has 2 aromatic rings. The zero-order valence-electron chi connectivity index (χ0n) is 19.0. The third kappa shape index (κ3) is 4.42. The van der Waals surface area contributed by atoms with Crippen LogP contribution in [0.2, 0.25) is 0 Å². The average Bonchev–Trinajstić information content (AvgIpc) is 3.03. The SMILES string of the molecule is CCCN1C(=O)C(=O)/C(=C(\O)c2ccc(OC)cc2OC)C1c1ccc(OC(C)C)cc1. The Kier molecular flexibility index (Phi) is 7.08. The molecule has 0 aromatic heterocycles. The summed E-state index contributed by atoms with van der Waals surface area (Å²) in [5.74, 6) is -0.0678. The Morgan fingerprint density at radius 3 is 2.25 bits per heavy atom. The number of hydrogen-bond acceptors (Lipinski definition) is 6. The van der Waals surface area contributed by atoms with Crippen molar-refractivity contribution in [2.75, 3.05) is 20.8 Å². The number of amides is 1. The maximum Gasteiger partial charge on any atom is 0.295 e. The molecule has 7 heteroatoms. The zero-order valence-corrected chi connectivity index (χ0v) is 19.0. The summed E-state index contributed by atoms with van der Waals surface area (Å²) in [5.41, 5.74) is 1.06. The Bertz CT molecular complexity index is 1030. The highest BCUT2D eigenvalue weighted by molar-refractivity contribution is 6.46. The molecule has 1 aliphatic rings. The second-order valence-corrected chi connectivity index (χ2v) is 7.79. The molecule has 1 aliphatic heterocycles. The molecule has 1 N–H and O–H groups in total. The minimum absolute atomic E-state index is 0.0223. The molecule has 7 nitrogen and oxygen atoms in total. The first-order valence-electron chi connectivity index (χ1n) is 10.6. The second kappa shape index (κ2) is 9.77. The molecular formula is C25H29NO6. The summed E-state index contributed by atoms with van der Waals surface area (Å²) in [6.45, 7) is 6.19. The van der Waals surface area contributed by atoms with E-state index in [4.69, 9.17) is 14.2 Å². The molecule has 0 radical (unpaired) electrons. The van der Waals surface area contributed by atoms with E-state index in [0.29, 0.717) is 41.3 Å². The topological polar surface area (TPSA) is 85.3 Å². The van der Waals surface area contributed by atoms with Crippen LogP contribution in [-0.2, 0) is 9.59 Å². The van der Waals surface area contributed by atoms with Gasteiger partial charge in [0.2, 0.25) is 0 Å². The number of aliphatic hydroxyl groups is 1. The number of Topliss-reactive ketones (excluding diaryl/α,β-unsaturated/α-hetero) is 1. The molecule has 2 aromatic carbocycles. The number of carbonyl (C=O) groups excluding carboxylic acids is 2. The first kappa shape index (κ1) is 23.2. The van der Waals surface area contributed by atoms with Gasteiger partial charge in [-0.2, -0.15) is 0 Å². The minimum Gasteiger partial charge on any atom is -0.507 e. The third-order valence-electron chi connectivity index (χ3n) is 5.24. The Morgan fingerprint density at radius 1 is 1.03 bits per heavy atom. The van der Waals surface area contributed by atoms with Crippen molar-refractivity contribution in [2.45, 2.75) is 39.3 Å². The van der Waals surface area contributed by atoms with Crippen molar-refractivity contribution in [2.24, 2.45) is 0 Å². The van der Waals surface area contributed by atoms with E-state index in [1.54, 1.807) is 30.3 Å². The fourth-order valence-electron chi connectivity index (χ4n) is 3.84. The normalized spacial score (nSPS) is 17.7. The lowest BCUT2D eigenvalue weighted by Crippen LogP contribution is -2.30. The summed E-state index contributed by atoms with van der Waals surface area (Å²) in [5, 5.41) is 11.2. The van der Waals surface area contributed by atoms with Crippen LogP contribution in [0.25, 0.3) is 5.76 Å². The third-order valence-corrected chi connectivity index (χ3v) is 5.24. The molecule has 1 fully saturated rings. The van der Waals surface area contributed by atoms with Gasteiger partial charge in [-0.3, -0.25) is 9.59 Å². The number of hydrogen-bond donors (Lipinski definition) is 1. The number of aliphatic hydroxyl groups excluding tert-OH is 1. The van der Waals surface area contributed by atoms with Gasteiger partial charge in [0.25, 0.3) is 11.7 Å². The second-order valence-electron chi connectivity index (χ2n) is 7.79. The molecule has 1 unspecified atom stereocenters. The Balaban J connectivity index is 2.15. The molecule has 32 heavy (non-hydrogen) atoms. The van der Waals surface area contributed by atoms with Gasteiger partial charge in [0.05, 0.1) is 37.5 Å². The summed E-state index contributed by atoms with van der Waals surface area (Å²) in [4.78, 5) is 27.4. The van der Waals surface area contributed by atoms with E-state index in [2.05, 4.69) is 0 Å². The van der Waals surface area contributed by atoms with Crippen LogP contribution in [0.3, 0.4) is 0 Å². The highest BCUT2D eigenvalue weighted by Gasteiger charge is 2.45. The summed E-state index contributed by atoms with van der Waals surface area (Å²) < 4.78 is 16.3. The van der Waals surface area contributed by atoms with E-state index in [0.717, 1.165) is 0 Å². The van der Waals surface area contributed by atoms with Crippen molar-refractivity contribution in [1.29, 1.82) is 0 Å². The molecule has 1 atom stereocenters. The van der Waals surface area contributed by atoms with Crippen molar-refractivity contribution in [1.82, 2.24) is 4.90 Å². The van der Waals surface area contributed by atoms with Crippen LogP contribution in [0.4, 0.5) is 0 Å². The number of benzene rings is 2. The van der Waals surface area contributed by atoms with Gasteiger partial charge < -0.3 is 24.2 Å². The number of likely N-dealkylation sites (tertiary alicyclic amines) is 1. The van der Waals surface area contributed by atoms with E-state index in [9.17, 15) is 14.7 Å². The average molecular weight is 440 g/mol. The van der Waals surface area contributed by atoms with Crippen LogP contribution in [-0.4, -0.2) is 48.6 Å². The van der Waals surface area contributed by atoms with Crippen molar-refractivity contribution >= 4 is 17.4 Å². The summed E-state index contributed by atoms with van der Waals surface area (Å²) in [6, 6.07) is 11.4. The summed E-state index contributed by atoms with van der Waals surface area (Å²) in [6.07, 6.45) is 0.693. The Hall–Kier alpha value is -3.48. The molecule has 0 saturated carbocycles. The molecule has 0 spiro atoms. The number of carbonyl (C=O) groups is 2. The molecule has 1 amide bonds. The number of methoxy groups -OCH3 is 2. The van der Waals surface area contributed by atoms with Gasteiger partial charge in [-0.25, -0.2) is 0 Å². The molecule has 1 saturated heterocycles. The lowest BCUT2D eigenvalue weighted by Gasteiger charge is -2.25. The highest BCUT2D eigenvalue weighted by atomic mass is 16.5. The molecule has 3 rings (SSSR count). The van der Waals surface area contributed by atoms with Gasteiger partial charge in [-0.1, -0.05) is 19.1 Å². The van der Waals surface area contributed by atoms with Crippen molar-refractivity contribution in [3.8, 4) is 17.2 Å². The predicted molar refractivity (Wildman–Crippen MR) is 121 cm³/mol. The molecule has 0 aliphatic carbocycles. The van der Waals surface area contributed by atoms with Gasteiger partial charge in [0.15, 0.2) is 0 Å². The van der Waals surface area contributed by atoms with Crippen LogP contribution in [0.1, 0.15) is 44.4 Å². The lowest BCUT2D eigenvalue weighted by atomic mass is 9.95. The van der Waals surface area contributed by atoms with Crippen LogP contribution in [0.15, 0.2) is 48.0 Å². The molecular weight excluding hydrogens is 410 g/mol. The van der Waals surface area contributed by atoms with E-state index in [1.807, 2.05) is 32.9 Å². The van der Waals surface area contributed by atoms with E-state index in [1.165, 1.54) is 19.1 Å². The summed E-state index contributed by atoms with van der Waals surface area (Å²) >= 11 is 0. The first-order valence-corrected chi connectivity index (χ1v) is 10.6. The van der Waals surface area contributed by atoms with Crippen LogP contribution < -0.4 is 14.2 Å². The number of ether oxygens (including phenoxy) is 3. The van der Waals surface area contributed by atoms with Gasteiger partial charge in [-0.05, 0) is 50.1 Å². The minimum atomic E-state index is -0.721. The highest BCUT2D eigenvalue weighted by Crippen LogP contribution is 2.41. The van der Waals surface area contributed by atoms with Gasteiger partial charge in [0.1, 0.15) is 23.0 Å². The van der Waals surface area contributed by atoms with E-state index >= 15 is 0 Å². The fourth-order valence-corrected chi connectivity index (χ4v) is 3.84.